The molecule has 10 nitrogen and oxygen atoms in total. The molecule has 6 N–H and O–H groups in total. The predicted octanol–water partition coefficient (Wildman–Crippen LogP) is 2.09. The van der Waals surface area contributed by atoms with Crippen LogP contribution in [-0.2, 0) is 32.8 Å². The first-order valence-electron chi connectivity index (χ1n) is 11.4. The second kappa shape index (κ2) is 12.9. The zero-order valence-corrected chi connectivity index (χ0v) is 20.1. The maximum Gasteiger partial charge on any atom is 0.408 e. The van der Waals surface area contributed by atoms with Gasteiger partial charge in [-0.05, 0) is 42.9 Å². The molecule has 0 saturated carbocycles. The van der Waals surface area contributed by atoms with Gasteiger partial charge in [-0.1, -0.05) is 48.5 Å². The van der Waals surface area contributed by atoms with Crippen LogP contribution in [-0.4, -0.2) is 44.5 Å². The third-order valence-corrected chi connectivity index (χ3v) is 6.02. The Morgan fingerprint density at radius 3 is 2.51 bits per heavy atom. The number of nitrogens with one attached hydrogen (secondary N) is 4. The molecule has 0 aliphatic carbocycles. The lowest BCUT2D eigenvalue weighted by Gasteiger charge is -2.18. The Balaban J connectivity index is 1.51. The van der Waals surface area contributed by atoms with Crippen LogP contribution in [0, 0.1) is 0 Å². The zero-order chi connectivity index (χ0) is 25.1. The number of hydrogen-bond donors (Lipinski definition) is 5. The van der Waals surface area contributed by atoms with E-state index in [0.29, 0.717) is 32.2 Å². The van der Waals surface area contributed by atoms with E-state index < -0.39 is 22.3 Å². The van der Waals surface area contributed by atoms with Gasteiger partial charge in [0, 0.05) is 30.2 Å². The summed E-state index contributed by atoms with van der Waals surface area (Å²) >= 11 is 0. The van der Waals surface area contributed by atoms with E-state index in [1.807, 2.05) is 60.8 Å². The third-order valence-electron chi connectivity index (χ3n) is 5.41. The van der Waals surface area contributed by atoms with Crippen molar-refractivity contribution in [1.82, 2.24) is 20.3 Å². The number of hydrogen-bond acceptors (Lipinski definition) is 5. The Labute approximate surface area is 204 Å². The number of carbonyl (C=O) groups excluding carboxylic acids is 2. The zero-order valence-electron chi connectivity index (χ0n) is 19.3. The predicted molar refractivity (Wildman–Crippen MR) is 134 cm³/mol. The van der Waals surface area contributed by atoms with E-state index in [0.717, 1.165) is 22.0 Å². The topological polar surface area (TPSA) is 155 Å². The van der Waals surface area contributed by atoms with Gasteiger partial charge in [-0.2, -0.15) is 8.42 Å². The maximum absolute atomic E-state index is 12.8. The van der Waals surface area contributed by atoms with Crippen LogP contribution < -0.4 is 20.5 Å². The highest BCUT2D eigenvalue weighted by molar-refractivity contribution is 7.87. The molecular formula is C24H31N5O5S. The number of amides is 2. The summed E-state index contributed by atoms with van der Waals surface area (Å²) in [6, 6.07) is 16.3. The molecule has 35 heavy (non-hydrogen) atoms. The first-order chi connectivity index (χ1) is 16.8. The Morgan fingerprint density at radius 2 is 1.74 bits per heavy atom. The fourth-order valence-corrected chi connectivity index (χ4v) is 4.07. The van der Waals surface area contributed by atoms with E-state index in [-0.39, 0.29) is 19.1 Å². The van der Waals surface area contributed by atoms with E-state index in [1.54, 1.807) is 0 Å². The largest absolute Gasteiger partial charge is 0.445 e. The van der Waals surface area contributed by atoms with Gasteiger partial charge in [0.15, 0.2) is 0 Å². The smallest absolute Gasteiger partial charge is 0.408 e. The molecule has 3 rings (SSSR count). The number of nitrogens with two attached hydrogens (primary N) is 1. The van der Waals surface area contributed by atoms with Crippen LogP contribution in [0.3, 0.4) is 0 Å². The molecule has 1 atom stereocenters. The van der Waals surface area contributed by atoms with Gasteiger partial charge in [0.25, 0.3) is 10.2 Å². The number of fused-ring (bicyclic) bond motifs is 1. The van der Waals surface area contributed by atoms with Crippen molar-refractivity contribution in [2.24, 2.45) is 5.14 Å². The normalized spacial score (nSPS) is 12.3. The first-order valence-corrected chi connectivity index (χ1v) is 12.9. The van der Waals surface area contributed by atoms with Crippen molar-refractivity contribution in [3.63, 3.8) is 0 Å². The molecule has 188 valence electrons. The summed E-state index contributed by atoms with van der Waals surface area (Å²) in [7, 11) is -3.76. The lowest BCUT2D eigenvalue weighted by molar-refractivity contribution is -0.123. The molecule has 0 fully saturated rings. The van der Waals surface area contributed by atoms with Gasteiger partial charge in [0.2, 0.25) is 5.91 Å². The molecule has 2 amide bonds. The summed E-state index contributed by atoms with van der Waals surface area (Å²) in [4.78, 5) is 28.4. The van der Waals surface area contributed by atoms with Crippen molar-refractivity contribution in [3.05, 3.63) is 71.9 Å². The highest BCUT2D eigenvalue weighted by Gasteiger charge is 2.21. The van der Waals surface area contributed by atoms with Crippen molar-refractivity contribution in [1.29, 1.82) is 0 Å². The summed E-state index contributed by atoms with van der Waals surface area (Å²) in [5.41, 5.74) is 2.95. The first kappa shape index (κ1) is 26.2. The van der Waals surface area contributed by atoms with Crippen LogP contribution in [0.4, 0.5) is 4.79 Å². The minimum absolute atomic E-state index is 0.0832. The van der Waals surface area contributed by atoms with E-state index in [4.69, 9.17) is 9.88 Å². The van der Waals surface area contributed by atoms with E-state index >= 15 is 0 Å². The Kier molecular flexibility index (Phi) is 9.65. The summed E-state index contributed by atoms with van der Waals surface area (Å²) in [6.07, 6.45) is 3.10. The quantitative estimate of drug-likeness (QED) is 0.227. The molecule has 11 heteroatoms. The van der Waals surface area contributed by atoms with Crippen molar-refractivity contribution < 1.29 is 22.7 Å². The molecule has 0 unspecified atom stereocenters. The molecule has 0 aliphatic heterocycles. The molecule has 1 aromatic heterocycles. The number of para-hydroxylation sites is 1. The lowest BCUT2D eigenvalue weighted by atomic mass is 10.1. The second-order valence-electron chi connectivity index (χ2n) is 8.09. The molecule has 0 radical (unpaired) electrons. The molecule has 0 saturated heterocycles. The number of ether oxygens (including phenoxy) is 1. The average Bonchev–Trinajstić information content (AvgIpc) is 3.25. The highest BCUT2D eigenvalue weighted by Crippen LogP contribution is 2.17. The highest BCUT2D eigenvalue weighted by atomic mass is 32.2. The SMILES string of the molecule is NS(=O)(=O)NCCCC[C@@H](NC(=O)OCc1ccccc1)C(=O)NCCc1c[nH]c2ccccc12. The summed E-state index contributed by atoms with van der Waals surface area (Å²) in [5, 5.41) is 11.5. The van der Waals surface area contributed by atoms with E-state index in [2.05, 4.69) is 20.3 Å². The number of aromatic amines is 1. The monoisotopic (exact) mass is 501 g/mol. The van der Waals surface area contributed by atoms with Crippen LogP contribution in [0.25, 0.3) is 10.9 Å². The molecule has 0 bridgehead atoms. The lowest BCUT2D eigenvalue weighted by Crippen LogP contribution is -2.47. The van der Waals surface area contributed by atoms with E-state index in [9.17, 15) is 18.0 Å². The van der Waals surface area contributed by atoms with Gasteiger partial charge in [-0.15, -0.1) is 0 Å². The van der Waals surface area contributed by atoms with Crippen LogP contribution in [0.2, 0.25) is 0 Å². The summed E-state index contributed by atoms with van der Waals surface area (Å²) in [5.74, 6) is -0.332. The fraction of sp³-hybridized carbons (Fsp3) is 0.333. The fourth-order valence-electron chi connectivity index (χ4n) is 3.65. The molecular weight excluding hydrogens is 470 g/mol. The number of benzene rings is 2. The Bertz CT molecular complexity index is 1210. The van der Waals surface area contributed by atoms with Gasteiger partial charge < -0.3 is 20.4 Å². The summed E-state index contributed by atoms with van der Waals surface area (Å²) in [6.45, 7) is 0.622. The Hall–Kier alpha value is -3.41. The number of aromatic nitrogens is 1. The number of carbonyl (C=O) groups is 2. The van der Waals surface area contributed by atoms with Crippen molar-refractivity contribution >= 4 is 33.1 Å². The molecule has 0 aliphatic rings. The Morgan fingerprint density at radius 1 is 1.00 bits per heavy atom. The van der Waals surface area contributed by atoms with Crippen LogP contribution in [0.15, 0.2) is 60.8 Å². The standard InChI is InChI=1S/C24H31N5O5S/c25-35(32,33)28-14-7-6-12-22(29-24(31)34-17-18-8-2-1-3-9-18)23(30)26-15-13-19-16-27-21-11-5-4-10-20(19)21/h1-5,8-11,16,22,27-28H,6-7,12-15,17H2,(H,26,30)(H,29,31)(H2,25,32,33)/t22-/m1/s1. The minimum Gasteiger partial charge on any atom is -0.445 e. The van der Waals surface area contributed by atoms with Gasteiger partial charge in [0.05, 0.1) is 0 Å². The number of alkyl carbamates (subject to hydrolysis) is 1. The van der Waals surface area contributed by atoms with Crippen LogP contribution in [0.5, 0.6) is 0 Å². The van der Waals surface area contributed by atoms with Gasteiger partial charge in [0.1, 0.15) is 12.6 Å². The molecule has 0 spiro atoms. The van der Waals surface area contributed by atoms with Gasteiger partial charge in [-0.3, -0.25) is 4.79 Å². The average molecular weight is 502 g/mol. The van der Waals surface area contributed by atoms with Gasteiger partial charge >= 0.3 is 6.09 Å². The maximum atomic E-state index is 12.8. The van der Waals surface area contributed by atoms with Gasteiger partial charge in [-0.25, -0.2) is 14.7 Å². The number of H-pyrrole nitrogens is 1. The van der Waals surface area contributed by atoms with Crippen LogP contribution in [0.1, 0.15) is 30.4 Å². The van der Waals surface area contributed by atoms with Crippen molar-refractivity contribution in [2.45, 2.75) is 38.3 Å². The van der Waals surface area contributed by atoms with E-state index in [1.165, 1.54) is 0 Å². The number of rotatable bonds is 13. The van der Waals surface area contributed by atoms with Crippen molar-refractivity contribution in [3.8, 4) is 0 Å². The second-order valence-corrected chi connectivity index (χ2v) is 9.47. The van der Waals surface area contributed by atoms with Crippen molar-refractivity contribution in [2.75, 3.05) is 13.1 Å². The van der Waals surface area contributed by atoms with Crippen LogP contribution >= 0.6 is 0 Å². The minimum atomic E-state index is -3.76. The number of unbranched alkanes of at least 4 members (excludes halogenated alkanes) is 1. The molecule has 2 aromatic carbocycles. The molecule has 1 heterocycles. The third kappa shape index (κ3) is 9.04. The summed E-state index contributed by atoms with van der Waals surface area (Å²) < 4.78 is 29.4. The molecule has 3 aromatic rings.